The Hall–Kier alpha value is -3.66. The van der Waals surface area contributed by atoms with Crippen molar-refractivity contribution in [2.75, 3.05) is 0 Å². The van der Waals surface area contributed by atoms with E-state index in [-0.39, 0.29) is 11.7 Å². The molecule has 1 aliphatic carbocycles. The van der Waals surface area contributed by atoms with Gasteiger partial charge in [-0.05, 0) is 54.3 Å². The summed E-state index contributed by atoms with van der Waals surface area (Å²) in [4.78, 5) is 3.93. The number of halogens is 1. The van der Waals surface area contributed by atoms with Crippen molar-refractivity contribution in [2.45, 2.75) is 18.9 Å². The molecule has 0 saturated carbocycles. The molecular formula is C20H13FN4O2. The van der Waals surface area contributed by atoms with Crippen molar-refractivity contribution in [1.82, 2.24) is 15.2 Å². The van der Waals surface area contributed by atoms with Crippen LogP contribution in [-0.4, -0.2) is 15.2 Å². The molecule has 0 bridgehead atoms. The first-order valence-electron chi connectivity index (χ1n) is 8.49. The molecule has 0 amide bonds. The van der Waals surface area contributed by atoms with Crippen LogP contribution in [0.2, 0.25) is 0 Å². The highest BCUT2D eigenvalue weighted by Crippen LogP contribution is 2.37. The van der Waals surface area contributed by atoms with Gasteiger partial charge in [-0.15, -0.1) is 0 Å². The quantitative estimate of drug-likeness (QED) is 0.589. The van der Waals surface area contributed by atoms with Gasteiger partial charge < -0.3 is 9.15 Å². The van der Waals surface area contributed by atoms with Crippen molar-refractivity contribution in [2.24, 2.45) is 0 Å². The average Bonchev–Trinajstić information content (AvgIpc) is 3.41. The number of nitrogens with zero attached hydrogens (tertiary/aromatic N) is 3. The summed E-state index contributed by atoms with van der Waals surface area (Å²) in [7, 11) is 0. The first-order chi connectivity index (χ1) is 13.2. The van der Waals surface area contributed by atoms with Crippen LogP contribution in [0.5, 0.6) is 5.75 Å². The molecular weight excluding hydrogens is 347 g/mol. The van der Waals surface area contributed by atoms with Gasteiger partial charge in [0.1, 0.15) is 29.4 Å². The van der Waals surface area contributed by atoms with E-state index in [4.69, 9.17) is 14.4 Å². The number of aromatic nitrogens is 3. The van der Waals surface area contributed by atoms with E-state index in [1.807, 2.05) is 24.3 Å². The lowest BCUT2D eigenvalue weighted by molar-refractivity contribution is 0.207. The van der Waals surface area contributed by atoms with E-state index in [1.165, 1.54) is 12.5 Å². The van der Waals surface area contributed by atoms with Crippen LogP contribution in [0.3, 0.4) is 0 Å². The molecule has 7 heteroatoms. The highest BCUT2D eigenvalue weighted by atomic mass is 19.1. The van der Waals surface area contributed by atoms with Crippen LogP contribution in [0.4, 0.5) is 4.39 Å². The molecule has 0 radical (unpaired) electrons. The highest BCUT2D eigenvalue weighted by Gasteiger charge is 2.26. The summed E-state index contributed by atoms with van der Waals surface area (Å²) in [5.74, 6) is 0.715. The molecule has 0 spiro atoms. The summed E-state index contributed by atoms with van der Waals surface area (Å²) in [5, 5.41) is 17.1. The van der Waals surface area contributed by atoms with Gasteiger partial charge in [0.15, 0.2) is 12.2 Å². The number of nitriles is 1. The lowest BCUT2D eigenvalue weighted by Crippen LogP contribution is -2.04. The van der Waals surface area contributed by atoms with Crippen LogP contribution in [0.15, 0.2) is 47.3 Å². The van der Waals surface area contributed by atoms with Gasteiger partial charge in [0.25, 0.3) is 0 Å². The number of H-pyrrole nitrogens is 1. The van der Waals surface area contributed by atoms with E-state index in [2.05, 4.69) is 15.2 Å². The molecule has 0 fully saturated rings. The molecule has 1 atom stereocenters. The molecule has 2 heterocycles. The molecule has 1 aliphatic rings. The smallest absolute Gasteiger partial charge is 0.181 e. The van der Waals surface area contributed by atoms with Crippen LogP contribution >= 0.6 is 0 Å². The van der Waals surface area contributed by atoms with Crippen LogP contribution in [0.25, 0.3) is 22.4 Å². The van der Waals surface area contributed by atoms with Crippen LogP contribution in [-0.2, 0) is 6.42 Å². The van der Waals surface area contributed by atoms with Gasteiger partial charge in [-0.2, -0.15) is 10.4 Å². The van der Waals surface area contributed by atoms with E-state index in [0.717, 1.165) is 34.9 Å². The van der Waals surface area contributed by atoms with E-state index >= 15 is 0 Å². The first kappa shape index (κ1) is 15.6. The molecule has 0 aliphatic heterocycles. The van der Waals surface area contributed by atoms with Crippen LogP contribution in [0, 0.1) is 17.1 Å². The summed E-state index contributed by atoms with van der Waals surface area (Å²) >= 11 is 0. The molecule has 0 unspecified atom stereocenters. The predicted octanol–water partition coefficient (Wildman–Crippen LogP) is 4.29. The van der Waals surface area contributed by atoms with Crippen molar-refractivity contribution in [3.05, 3.63) is 65.4 Å². The number of rotatable bonds is 3. The SMILES string of the molecule is N#Cc1cc2c(cc1F)[C@H](Oc1ccc3[nH]nc(-c4cnco4)c3c1)CC2. The molecule has 27 heavy (non-hydrogen) atoms. The molecule has 0 saturated heterocycles. The number of benzene rings is 2. The van der Waals surface area contributed by atoms with Crippen molar-refractivity contribution < 1.29 is 13.5 Å². The number of hydrogen-bond acceptors (Lipinski definition) is 5. The minimum atomic E-state index is -0.510. The maximum absolute atomic E-state index is 14.0. The molecule has 132 valence electrons. The Kier molecular flexibility index (Phi) is 3.44. The van der Waals surface area contributed by atoms with Gasteiger partial charge >= 0.3 is 0 Å². The molecule has 2 aromatic heterocycles. The number of aromatic amines is 1. The summed E-state index contributed by atoms with van der Waals surface area (Å²) in [6, 6.07) is 10.5. The zero-order valence-electron chi connectivity index (χ0n) is 14.1. The van der Waals surface area contributed by atoms with E-state index in [0.29, 0.717) is 17.2 Å². The Balaban J connectivity index is 1.49. The topological polar surface area (TPSA) is 87.7 Å². The molecule has 1 N–H and O–H groups in total. The Morgan fingerprint density at radius 3 is 3.04 bits per heavy atom. The van der Waals surface area contributed by atoms with Gasteiger partial charge in [-0.25, -0.2) is 9.37 Å². The van der Waals surface area contributed by atoms with Gasteiger partial charge in [-0.1, -0.05) is 0 Å². The largest absolute Gasteiger partial charge is 0.486 e. The Bertz CT molecular complexity index is 1190. The normalized spacial score (nSPS) is 15.6. The Labute approximate surface area is 153 Å². The minimum absolute atomic E-state index is 0.0749. The molecule has 4 aromatic rings. The van der Waals surface area contributed by atoms with Gasteiger partial charge in [0.2, 0.25) is 0 Å². The van der Waals surface area contributed by atoms with Crippen molar-refractivity contribution in [3.8, 4) is 23.3 Å². The second kappa shape index (κ2) is 5.95. The summed E-state index contributed by atoms with van der Waals surface area (Å²) in [5.41, 5.74) is 3.35. The molecule has 5 rings (SSSR count). The van der Waals surface area contributed by atoms with Gasteiger partial charge in [-0.3, -0.25) is 5.10 Å². The number of fused-ring (bicyclic) bond motifs is 2. The Morgan fingerprint density at radius 2 is 2.22 bits per heavy atom. The van der Waals surface area contributed by atoms with Crippen LogP contribution < -0.4 is 4.74 Å². The maximum Gasteiger partial charge on any atom is 0.181 e. The standard InChI is InChI=1S/C20H13FN4O2/c21-16-7-14-11(5-12(16)8-22)1-4-18(14)27-13-2-3-17-15(6-13)20(25-24-17)19-9-23-10-26-19/h2-3,5-7,9-10,18H,1,4H2,(H,24,25)/t18-/m1/s1. The fourth-order valence-corrected chi connectivity index (χ4v) is 3.55. The fourth-order valence-electron chi connectivity index (χ4n) is 3.55. The number of hydrogen-bond donors (Lipinski definition) is 1. The summed E-state index contributed by atoms with van der Waals surface area (Å²) < 4.78 is 25.5. The minimum Gasteiger partial charge on any atom is -0.486 e. The maximum atomic E-state index is 14.0. The lowest BCUT2D eigenvalue weighted by Gasteiger charge is -2.15. The number of oxazole rings is 1. The van der Waals surface area contributed by atoms with Gasteiger partial charge in [0, 0.05) is 5.39 Å². The second-order valence-electron chi connectivity index (χ2n) is 6.43. The summed E-state index contributed by atoms with van der Waals surface area (Å²) in [6.45, 7) is 0. The first-order valence-corrected chi connectivity index (χ1v) is 8.49. The average molecular weight is 360 g/mol. The number of aryl methyl sites for hydroxylation is 1. The summed E-state index contributed by atoms with van der Waals surface area (Å²) in [6.07, 6.45) is 4.20. The van der Waals surface area contributed by atoms with Crippen LogP contribution in [0.1, 0.15) is 29.2 Å². The highest BCUT2D eigenvalue weighted by molar-refractivity contribution is 5.92. The third-order valence-corrected chi connectivity index (χ3v) is 4.85. The zero-order chi connectivity index (χ0) is 18.4. The van der Waals surface area contributed by atoms with E-state index in [1.54, 1.807) is 12.3 Å². The van der Waals surface area contributed by atoms with E-state index < -0.39 is 5.82 Å². The Morgan fingerprint density at radius 1 is 1.30 bits per heavy atom. The third-order valence-electron chi connectivity index (χ3n) is 4.85. The fraction of sp³-hybridized carbons (Fsp3) is 0.150. The van der Waals surface area contributed by atoms with E-state index in [9.17, 15) is 4.39 Å². The van der Waals surface area contributed by atoms with Gasteiger partial charge in [0.05, 0.1) is 17.3 Å². The number of nitrogens with one attached hydrogen (secondary N) is 1. The van der Waals surface area contributed by atoms with Crippen molar-refractivity contribution in [3.63, 3.8) is 0 Å². The molecule has 2 aromatic carbocycles. The predicted molar refractivity (Wildman–Crippen MR) is 94.4 cm³/mol. The van der Waals surface area contributed by atoms with Crippen molar-refractivity contribution in [1.29, 1.82) is 5.26 Å². The van der Waals surface area contributed by atoms with Crippen molar-refractivity contribution >= 4 is 10.9 Å². The lowest BCUT2D eigenvalue weighted by atomic mass is 10.1. The second-order valence-corrected chi connectivity index (χ2v) is 6.43. The number of ether oxygens (including phenoxy) is 1. The monoisotopic (exact) mass is 360 g/mol. The third kappa shape index (κ3) is 2.54. The molecule has 6 nitrogen and oxygen atoms in total. The zero-order valence-corrected chi connectivity index (χ0v) is 14.1.